The molecule has 1 aromatic carbocycles. The lowest BCUT2D eigenvalue weighted by atomic mass is 9.88. The van der Waals surface area contributed by atoms with Crippen LogP contribution in [0.15, 0.2) is 54.1 Å². The summed E-state index contributed by atoms with van der Waals surface area (Å²) in [6.07, 6.45) is 7.90. The average molecular weight is 213 g/mol. The van der Waals surface area contributed by atoms with E-state index in [0.717, 1.165) is 13.0 Å². The highest BCUT2D eigenvalue weighted by atomic mass is 15.0. The van der Waals surface area contributed by atoms with E-state index in [0.29, 0.717) is 5.92 Å². The van der Waals surface area contributed by atoms with Crippen molar-refractivity contribution in [2.75, 3.05) is 20.6 Å². The van der Waals surface area contributed by atoms with E-state index in [2.05, 4.69) is 67.6 Å². The van der Waals surface area contributed by atoms with Crippen LogP contribution in [0.2, 0.25) is 0 Å². The third-order valence-electron chi connectivity index (χ3n) is 2.90. The predicted octanol–water partition coefficient (Wildman–Crippen LogP) is 3.22. The molecular weight excluding hydrogens is 194 g/mol. The van der Waals surface area contributed by atoms with Gasteiger partial charge in [0.05, 0.1) is 0 Å². The van der Waals surface area contributed by atoms with E-state index in [4.69, 9.17) is 0 Å². The molecule has 0 aliphatic heterocycles. The highest BCUT2D eigenvalue weighted by Gasteiger charge is 2.13. The first kappa shape index (κ1) is 11.2. The summed E-state index contributed by atoms with van der Waals surface area (Å²) in [4.78, 5) is 2.23. The Bertz CT molecular complexity index is 387. The predicted molar refractivity (Wildman–Crippen MR) is 69.6 cm³/mol. The van der Waals surface area contributed by atoms with Crippen molar-refractivity contribution in [3.05, 3.63) is 59.7 Å². The smallest absolute Gasteiger partial charge is 0.0190 e. The van der Waals surface area contributed by atoms with E-state index in [1.807, 2.05) is 0 Å². The van der Waals surface area contributed by atoms with E-state index in [1.165, 1.54) is 11.1 Å². The van der Waals surface area contributed by atoms with Crippen LogP contribution in [0.25, 0.3) is 0 Å². The van der Waals surface area contributed by atoms with Crippen LogP contribution >= 0.6 is 0 Å². The van der Waals surface area contributed by atoms with E-state index >= 15 is 0 Å². The van der Waals surface area contributed by atoms with Gasteiger partial charge in [-0.2, -0.15) is 0 Å². The number of hydrogen-bond donors (Lipinski definition) is 0. The Kier molecular flexibility index (Phi) is 3.58. The number of rotatable bonds is 3. The van der Waals surface area contributed by atoms with Gasteiger partial charge < -0.3 is 4.90 Å². The quantitative estimate of drug-likeness (QED) is 0.745. The molecule has 0 radical (unpaired) electrons. The number of benzene rings is 1. The zero-order valence-corrected chi connectivity index (χ0v) is 10.1. The van der Waals surface area contributed by atoms with Gasteiger partial charge in [-0.25, -0.2) is 0 Å². The van der Waals surface area contributed by atoms with Gasteiger partial charge in [0, 0.05) is 12.5 Å². The van der Waals surface area contributed by atoms with E-state index in [9.17, 15) is 0 Å². The molecule has 0 saturated carbocycles. The van der Waals surface area contributed by atoms with E-state index in [-0.39, 0.29) is 0 Å². The van der Waals surface area contributed by atoms with Crippen LogP contribution in [0.5, 0.6) is 0 Å². The van der Waals surface area contributed by atoms with Crippen LogP contribution in [0, 0.1) is 0 Å². The van der Waals surface area contributed by atoms with Crippen LogP contribution in [-0.4, -0.2) is 25.5 Å². The van der Waals surface area contributed by atoms with Gasteiger partial charge in [-0.05, 0) is 26.1 Å². The van der Waals surface area contributed by atoms with Crippen molar-refractivity contribution in [2.24, 2.45) is 0 Å². The van der Waals surface area contributed by atoms with Crippen LogP contribution in [0.3, 0.4) is 0 Å². The fourth-order valence-electron chi connectivity index (χ4n) is 2.20. The van der Waals surface area contributed by atoms with Crippen LogP contribution < -0.4 is 0 Å². The van der Waals surface area contributed by atoms with Gasteiger partial charge in [0.1, 0.15) is 0 Å². The van der Waals surface area contributed by atoms with Crippen molar-refractivity contribution < 1.29 is 0 Å². The fourth-order valence-corrected chi connectivity index (χ4v) is 2.20. The molecule has 1 aromatic rings. The van der Waals surface area contributed by atoms with Gasteiger partial charge >= 0.3 is 0 Å². The van der Waals surface area contributed by atoms with Crippen molar-refractivity contribution in [3.8, 4) is 0 Å². The van der Waals surface area contributed by atoms with Crippen LogP contribution in [-0.2, 0) is 0 Å². The average Bonchev–Trinajstić information content (AvgIpc) is 2.30. The summed E-state index contributed by atoms with van der Waals surface area (Å²) in [5.74, 6) is 0.557. The first-order valence-electron chi connectivity index (χ1n) is 5.81. The SMILES string of the molecule is CN(C)CC1=CC=CC(c2ccccc2)C1. The molecule has 0 fully saturated rings. The van der Waals surface area contributed by atoms with Gasteiger partial charge in [-0.1, -0.05) is 54.1 Å². The first-order chi connectivity index (χ1) is 7.75. The molecule has 0 amide bonds. The minimum absolute atomic E-state index is 0.557. The lowest BCUT2D eigenvalue weighted by Gasteiger charge is -2.21. The summed E-state index contributed by atoms with van der Waals surface area (Å²) in [6, 6.07) is 10.7. The molecule has 0 heterocycles. The molecule has 1 nitrogen and oxygen atoms in total. The minimum Gasteiger partial charge on any atom is -0.305 e. The summed E-state index contributed by atoms with van der Waals surface area (Å²) in [5, 5.41) is 0. The Labute approximate surface area is 98.1 Å². The molecule has 0 N–H and O–H groups in total. The second kappa shape index (κ2) is 5.13. The maximum absolute atomic E-state index is 2.30. The van der Waals surface area contributed by atoms with Crippen LogP contribution in [0.4, 0.5) is 0 Å². The largest absolute Gasteiger partial charge is 0.305 e. The highest BCUT2D eigenvalue weighted by molar-refractivity contribution is 5.32. The van der Waals surface area contributed by atoms with Gasteiger partial charge in [0.15, 0.2) is 0 Å². The van der Waals surface area contributed by atoms with Crippen molar-refractivity contribution in [1.29, 1.82) is 0 Å². The Balaban J connectivity index is 2.07. The summed E-state index contributed by atoms with van der Waals surface area (Å²) in [7, 11) is 4.24. The molecule has 1 aliphatic rings. The Hall–Kier alpha value is -1.34. The lowest BCUT2D eigenvalue weighted by Crippen LogP contribution is -2.17. The van der Waals surface area contributed by atoms with Gasteiger partial charge in [-0.15, -0.1) is 0 Å². The normalized spacial score (nSPS) is 19.9. The van der Waals surface area contributed by atoms with Crippen molar-refractivity contribution in [2.45, 2.75) is 12.3 Å². The monoisotopic (exact) mass is 213 g/mol. The Morgan fingerprint density at radius 1 is 1.19 bits per heavy atom. The van der Waals surface area contributed by atoms with E-state index < -0.39 is 0 Å². The second-order valence-electron chi connectivity index (χ2n) is 4.67. The molecule has 1 atom stereocenters. The molecule has 1 aliphatic carbocycles. The summed E-state index contributed by atoms with van der Waals surface area (Å²) >= 11 is 0. The van der Waals surface area contributed by atoms with Gasteiger partial charge in [0.25, 0.3) is 0 Å². The zero-order valence-electron chi connectivity index (χ0n) is 10.1. The maximum atomic E-state index is 2.30. The van der Waals surface area contributed by atoms with Gasteiger partial charge in [-0.3, -0.25) is 0 Å². The standard InChI is InChI=1S/C15H19N/c1-16(2)12-13-7-6-10-15(11-13)14-8-4-3-5-9-14/h3-10,15H,11-12H2,1-2H3. The first-order valence-corrected chi connectivity index (χ1v) is 5.81. The third-order valence-corrected chi connectivity index (χ3v) is 2.90. The van der Waals surface area contributed by atoms with Crippen LogP contribution in [0.1, 0.15) is 17.9 Å². The zero-order chi connectivity index (χ0) is 11.4. The Morgan fingerprint density at radius 3 is 2.62 bits per heavy atom. The topological polar surface area (TPSA) is 3.24 Å². The van der Waals surface area contributed by atoms with Crippen molar-refractivity contribution in [1.82, 2.24) is 4.90 Å². The molecule has 0 bridgehead atoms. The van der Waals surface area contributed by atoms with Gasteiger partial charge in [0.2, 0.25) is 0 Å². The number of nitrogens with zero attached hydrogens (tertiary/aromatic N) is 1. The minimum atomic E-state index is 0.557. The molecular formula is C15H19N. The number of hydrogen-bond acceptors (Lipinski definition) is 1. The summed E-state index contributed by atoms with van der Waals surface area (Å²) < 4.78 is 0. The fraction of sp³-hybridized carbons (Fsp3) is 0.333. The summed E-state index contributed by atoms with van der Waals surface area (Å²) in [5.41, 5.74) is 2.93. The molecule has 0 spiro atoms. The number of allylic oxidation sites excluding steroid dienone is 3. The molecule has 1 unspecified atom stereocenters. The molecule has 2 rings (SSSR count). The Morgan fingerprint density at radius 2 is 1.94 bits per heavy atom. The molecule has 84 valence electrons. The van der Waals surface area contributed by atoms with Crippen molar-refractivity contribution in [3.63, 3.8) is 0 Å². The third kappa shape index (κ3) is 2.83. The lowest BCUT2D eigenvalue weighted by molar-refractivity contribution is 0.436. The van der Waals surface area contributed by atoms with Crippen molar-refractivity contribution >= 4 is 0 Å². The molecule has 16 heavy (non-hydrogen) atoms. The maximum Gasteiger partial charge on any atom is 0.0190 e. The van der Waals surface area contributed by atoms with E-state index in [1.54, 1.807) is 0 Å². The highest BCUT2D eigenvalue weighted by Crippen LogP contribution is 2.28. The second-order valence-corrected chi connectivity index (χ2v) is 4.67. The molecule has 0 aromatic heterocycles. The number of likely N-dealkylation sites (N-methyl/N-ethyl adjacent to an activating group) is 1. The molecule has 0 saturated heterocycles. The summed E-state index contributed by atoms with van der Waals surface area (Å²) in [6.45, 7) is 1.06. The molecule has 1 heteroatoms.